The Balaban J connectivity index is 2.54. The summed E-state index contributed by atoms with van der Waals surface area (Å²) in [7, 11) is 0. The highest BCUT2D eigenvalue weighted by molar-refractivity contribution is 5.02. The van der Waals surface area contributed by atoms with Crippen molar-refractivity contribution in [3.63, 3.8) is 0 Å². The number of aliphatic hydroxyl groups is 3. The van der Waals surface area contributed by atoms with E-state index in [-0.39, 0.29) is 6.61 Å². The van der Waals surface area contributed by atoms with Crippen molar-refractivity contribution in [1.29, 1.82) is 0 Å². The second-order valence-corrected chi connectivity index (χ2v) is 3.27. The minimum atomic E-state index is -1.29. The van der Waals surface area contributed by atoms with E-state index in [4.69, 9.17) is 20.1 Å². The Hall–Kier alpha value is -1.01. The second-order valence-electron chi connectivity index (χ2n) is 3.27. The monoisotopic (exact) mass is 213 g/mol. The van der Waals surface area contributed by atoms with Gasteiger partial charge in [-0.25, -0.2) is 0 Å². The van der Waals surface area contributed by atoms with Crippen molar-refractivity contribution in [3.05, 3.63) is 30.1 Å². The molecule has 0 amide bonds. The predicted octanol–water partition coefficient (Wildman–Crippen LogP) is -0.686. The summed E-state index contributed by atoms with van der Waals surface area (Å²) in [5.74, 6) is 0. The summed E-state index contributed by atoms with van der Waals surface area (Å²) in [5.41, 5.74) is -0.616. The maximum atomic E-state index is 8.99. The molecule has 15 heavy (non-hydrogen) atoms. The zero-order chi connectivity index (χ0) is 11.1. The van der Waals surface area contributed by atoms with Gasteiger partial charge >= 0.3 is 0 Å². The Morgan fingerprint density at radius 3 is 2.27 bits per heavy atom. The molecule has 0 fully saturated rings. The largest absolute Gasteiger partial charge is 0.393 e. The van der Waals surface area contributed by atoms with Crippen molar-refractivity contribution in [1.82, 2.24) is 4.98 Å². The molecule has 1 heterocycles. The van der Waals surface area contributed by atoms with E-state index in [0.29, 0.717) is 5.69 Å². The van der Waals surface area contributed by atoms with Crippen molar-refractivity contribution in [2.24, 2.45) is 0 Å². The molecule has 0 aromatic carbocycles. The van der Waals surface area contributed by atoms with Gasteiger partial charge in [0.1, 0.15) is 5.60 Å². The Morgan fingerprint density at radius 1 is 1.13 bits per heavy atom. The van der Waals surface area contributed by atoms with Gasteiger partial charge in [0, 0.05) is 6.20 Å². The minimum Gasteiger partial charge on any atom is -0.393 e. The van der Waals surface area contributed by atoms with Gasteiger partial charge in [0.2, 0.25) is 0 Å². The maximum absolute atomic E-state index is 8.99. The van der Waals surface area contributed by atoms with Gasteiger partial charge in [-0.05, 0) is 12.1 Å². The average Bonchev–Trinajstić information content (AvgIpc) is 2.33. The molecule has 0 atom stereocenters. The molecule has 1 aromatic rings. The number of nitrogens with zero attached hydrogens (tertiary/aromatic N) is 1. The van der Waals surface area contributed by atoms with Crippen LogP contribution in [-0.2, 0) is 11.3 Å². The zero-order valence-electron chi connectivity index (χ0n) is 8.33. The summed E-state index contributed by atoms with van der Waals surface area (Å²) in [6, 6.07) is 5.35. The topological polar surface area (TPSA) is 82.8 Å². The third kappa shape index (κ3) is 3.24. The smallest absolute Gasteiger partial charge is 0.137 e. The van der Waals surface area contributed by atoms with Crippen molar-refractivity contribution < 1.29 is 20.1 Å². The number of rotatable bonds is 6. The molecule has 0 aliphatic heterocycles. The molecular formula is C10H15NO4. The fourth-order valence-corrected chi connectivity index (χ4v) is 0.997. The lowest BCUT2D eigenvalue weighted by Crippen LogP contribution is -2.44. The molecule has 0 aliphatic rings. The molecule has 3 N–H and O–H groups in total. The highest BCUT2D eigenvalue weighted by Crippen LogP contribution is 2.11. The standard InChI is InChI=1S/C10H15NO4/c12-6-10(7-13,8-14)15-5-9-3-1-2-4-11-9/h1-4,12-14H,5-8H2. The van der Waals surface area contributed by atoms with E-state index in [1.54, 1.807) is 18.3 Å². The van der Waals surface area contributed by atoms with Crippen molar-refractivity contribution in [2.75, 3.05) is 19.8 Å². The Labute approximate surface area is 88.0 Å². The van der Waals surface area contributed by atoms with E-state index >= 15 is 0 Å². The van der Waals surface area contributed by atoms with Crippen LogP contribution in [0.1, 0.15) is 5.69 Å². The van der Waals surface area contributed by atoms with Crippen LogP contribution < -0.4 is 0 Å². The van der Waals surface area contributed by atoms with Crippen molar-refractivity contribution in [2.45, 2.75) is 12.2 Å². The average molecular weight is 213 g/mol. The fourth-order valence-electron chi connectivity index (χ4n) is 0.997. The number of hydrogen-bond donors (Lipinski definition) is 3. The molecule has 5 nitrogen and oxygen atoms in total. The SMILES string of the molecule is OCC(CO)(CO)OCc1ccccn1. The van der Waals surface area contributed by atoms with Crippen LogP contribution in [0, 0.1) is 0 Å². The highest BCUT2D eigenvalue weighted by Gasteiger charge is 2.28. The molecular weight excluding hydrogens is 198 g/mol. The van der Waals surface area contributed by atoms with Crippen LogP contribution in [0.2, 0.25) is 0 Å². The number of ether oxygens (including phenoxy) is 1. The molecule has 1 aromatic heterocycles. The number of aliphatic hydroxyl groups excluding tert-OH is 3. The van der Waals surface area contributed by atoms with Crippen molar-refractivity contribution >= 4 is 0 Å². The number of pyridine rings is 1. The molecule has 0 radical (unpaired) electrons. The second kappa shape index (κ2) is 5.77. The summed E-state index contributed by atoms with van der Waals surface area (Å²) in [6.07, 6.45) is 1.62. The quantitative estimate of drug-likeness (QED) is 0.583. The predicted molar refractivity (Wildman–Crippen MR) is 53.0 cm³/mol. The fraction of sp³-hybridized carbons (Fsp3) is 0.500. The van der Waals surface area contributed by atoms with E-state index < -0.39 is 25.4 Å². The summed E-state index contributed by atoms with van der Waals surface area (Å²) in [6.45, 7) is -1.17. The van der Waals surface area contributed by atoms with Gasteiger partial charge in [-0.15, -0.1) is 0 Å². The van der Waals surface area contributed by atoms with Gasteiger partial charge in [-0.2, -0.15) is 0 Å². The van der Waals surface area contributed by atoms with Crippen molar-refractivity contribution in [3.8, 4) is 0 Å². The Kier molecular flexibility index (Phi) is 4.64. The first-order valence-corrected chi connectivity index (χ1v) is 4.63. The molecule has 0 bridgehead atoms. The lowest BCUT2D eigenvalue weighted by molar-refractivity contribution is -0.141. The van der Waals surface area contributed by atoms with Crippen LogP contribution >= 0.6 is 0 Å². The van der Waals surface area contributed by atoms with E-state index in [1.165, 1.54) is 0 Å². The molecule has 0 spiro atoms. The van der Waals surface area contributed by atoms with E-state index in [0.717, 1.165) is 0 Å². The summed E-state index contributed by atoms with van der Waals surface area (Å²) in [5, 5.41) is 27.0. The minimum absolute atomic E-state index is 0.141. The van der Waals surface area contributed by atoms with Gasteiger partial charge < -0.3 is 20.1 Å². The van der Waals surface area contributed by atoms with E-state index in [2.05, 4.69) is 4.98 Å². The molecule has 1 rings (SSSR count). The van der Waals surface area contributed by atoms with Gasteiger partial charge in [-0.1, -0.05) is 6.07 Å². The number of hydrogen-bond acceptors (Lipinski definition) is 5. The van der Waals surface area contributed by atoms with Gasteiger partial charge in [0.05, 0.1) is 32.1 Å². The Bertz CT molecular complexity index is 266. The van der Waals surface area contributed by atoms with Gasteiger partial charge in [0.15, 0.2) is 0 Å². The zero-order valence-corrected chi connectivity index (χ0v) is 8.33. The number of aromatic nitrogens is 1. The molecule has 0 saturated heterocycles. The lowest BCUT2D eigenvalue weighted by Gasteiger charge is -2.27. The highest BCUT2D eigenvalue weighted by atomic mass is 16.5. The summed E-state index contributed by atoms with van der Waals surface area (Å²) in [4.78, 5) is 4.01. The van der Waals surface area contributed by atoms with E-state index in [1.807, 2.05) is 6.07 Å². The maximum Gasteiger partial charge on any atom is 0.137 e. The van der Waals surface area contributed by atoms with Crippen LogP contribution in [0.5, 0.6) is 0 Å². The molecule has 84 valence electrons. The van der Waals surface area contributed by atoms with Crippen LogP contribution in [0.3, 0.4) is 0 Å². The first-order chi connectivity index (χ1) is 7.26. The van der Waals surface area contributed by atoms with Crippen LogP contribution in [0.25, 0.3) is 0 Å². The lowest BCUT2D eigenvalue weighted by atomic mass is 10.1. The third-order valence-electron chi connectivity index (χ3n) is 2.12. The van der Waals surface area contributed by atoms with Gasteiger partial charge in [0.25, 0.3) is 0 Å². The summed E-state index contributed by atoms with van der Waals surface area (Å²) >= 11 is 0. The van der Waals surface area contributed by atoms with Crippen LogP contribution in [-0.4, -0.2) is 45.7 Å². The molecule has 0 unspecified atom stereocenters. The first-order valence-electron chi connectivity index (χ1n) is 4.63. The molecule has 0 aliphatic carbocycles. The van der Waals surface area contributed by atoms with Crippen LogP contribution in [0.15, 0.2) is 24.4 Å². The Morgan fingerprint density at radius 2 is 1.80 bits per heavy atom. The third-order valence-corrected chi connectivity index (χ3v) is 2.12. The molecule has 0 saturated carbocycles. The first kappa shape index (κ1) is 12.1. The normalized spacial score (nSPS) is 11.7. The van der Waals surface area contributed by atoms with Gasteiger partial charge in [-0.3, -0.25) is 4.98 Å². The van der Waals surface area contributed by atoms with Crippen LogP contribution in [0.4, 0.5) is 0 Å². The summed E-state index contributed by atoms with van der Waals surface area (Å²) < 4.78 is 5.25. The molecule has 5 heteroatoms. The van der Waals surface area contributed by atoms with E-state index in [9.17, 15) is 0 Å².